The summed E-state index contributed by atoms with van der Waals surface area (Å²) >= 11 is 0. The Morgan fingerprint density at radius 1 is 0.250 bits per heavy atom. The van der Waals surface area contributed by atoms with Crippen LogP contribution in [-0.4, -0.2) is 38.3 Å². The fraction of sp³-hybridized carbons (Fsp3) is 0. The number of rotatable bonds is 0. The molecule has 8 heavy (non-hydrogen) atoms. The van der Waals surface area contributed by atoms with Crippen LogP contribution in [0.2, 0.25) is 0 Å². The monoisotopic (exact) mass is 145 g/mol. The molecule has 0 aliphatic heterocycles. The van der Waals surface area contributed by atoms with Gasteiger partial charge < -0.3 is 43.8 Å². The van der Waals surface area contributed by atoms with Gasteiger partial charge in [-0.25, -0.2) is 0 Å². The molecule has 0 fully saturated rings. The van der Waals surface area contributed by atoms with E-state index < -0.39 is 0 Å². The van der Waals surface area contributed by atoms with E-state index in [4.69, 9.17) is 0 Å². The highest BCUT2D eigenvalue weighted by Gasteiger charge is -0.405. The predicted octanol–water partition coefficient (Wildman–Crippen LogP) is -6.69. The zero-order valence-electron chi connectivity index (χ0n) is 4.08. The topological polar surface area (TPSA) is 254 Å². The van der Waals surface area contributed by atoms with E-state index in [0.29, 0.717) is 0 Å². The Morgan fingerprint density at radius 2 is 0.250 bits per heavy atom. The van der Waals surface area contributed by atoms with Gasteiger partial charge in [-0.05, 0) is 0 Å². The van der Waals surface area contributed by atoms with Crippen molar-refractivity contribution in [2.24, 2.45) is 0 Å². The molecule has 0 amide bonds. The lowest BCUT2D eigenvalue weighted by Crippen LogP contribution is -0.290. The molecule has 17 N–H and O–H groups in total. The minimum absolute atomic E-state index is 0. The molecule has 0 heterocycles. The molecule has 0 radical (unpaired) electrons. The highest BCUT2D eigenvalue weighted by molar-refractivity contribution is 0.830. The Hall–Kier alpha value is -0.320. The highest BCUT2D eigenvalue weighted by Crippen LogP contribution is -0.119. The van der Waals surface area contributed by atoms with Crippen molar-refractivity contribution in [2.75, 3.05) is 0 Å². The van der Waals surface area contributed by atoms with Crippen LogP contribution in [0, 0.1) is 0 Å². The normalized spacial score (nSPS) is 0. The van der Waals surface area contributed by atoms with Crippen LogP contribution in [0.5, 0.6) is 0 Å². The summed E-state index contributed by atoms with van der Waals surface area (Å²) in [5.41, 5.74) is 0. The van der Waals surface area contributed by atoms with Crippen LogP contribution < -0.4 is 0 Å². The Morgan fingerprint density at radius 3 is 0.250 bits per heavy atom. The highest BCUT2D eigenvalue weighted by atomic mass is 16.0. The van der Waals surface area contributed by atoms with E-state index in [1.54, 1.807) is 0 Å². The van der Waals surface area contributed by atoms with Gasteiger partial charge in [0, 0.05) is 0 Å². The summed E-state index contributed by atoms with van der Waals surface area (Å²) in [5, 5.41) is 0. The van der Waals surface area contributed by atoms with E-state index in [1.807, 2.05) is 0 Å². The Labute approximate surface area is 45.2 Å². The molecule has 0 saturated heterocycles. The summed E-state index contributed by atoms with van der Waals surface area (Å²) in [6, 6.07) is 0. The van der Waals surface area contributed by atoms with Crippen molar-refractivity contribution >= 4 is 0 Å². The third kappa shape index (κ3) is 1210. The largest absolute Gasteiger partial charge is 0.457 e. The lowest BCUT2D eigenvalue weighted by atomic mass is 16.0. The molecule has 8 heteroatoms. The molecule has 8 nitrogen and oxygen atoms in total. The van der Waals surface area contributed by atoms with E-state index in [0.717, 1.165) is 0 Å². The van der Waals surface area contributed by atoms with Gasteiger partial charge in [0.05, 0.1) is 0 Å². The van der Waals surface area contributed by atoms with E-state index in [9.17, 15) is 0 Å². The van der Waals surface area contributed by atoms with Gasteiger partial charge in [0.1, 0.15) is 0 Å². The summed E-state index contributed by atoms with van der Waals surface area (Å²) in [6.45, 7) is 0. The molecule has 64 valence electrons. The van der Waals surface area contributed by atoms with Crippen LogP contribution in [0.3, 0.4) is 0 Å². The molecule has 0 aromatic rings. The molecule has 0 aliphatic carbocycles. The molecule has 0 atom stereocenters. The Balaban J connectivity index is 0. The van der Waals surface area contributed by atoms with Gasteiger partial charge in [-0.2, -0.15) is 0 Å². The molecule has 0 aliphatic rings. The SMILES string of the molecule is O.O.O.O.O.O.O.[OH3+]. The molecule has 0 aromatic heterocycles. The first-order valence-corrected chi connectivity index (χ1v) is 0. The van der Waals surface area contributed by atoms with E-state index >= 15 is 0 Å². The van der Waals surface area contributed by atoms with Crippen molar-refractivity contribution in [3.63, 3.8) is 0 Å². The van der Waals surface area contributed by atoms with Gasteiger partial charge in [0.25, 0.3) is 0 Å². The second-order valence-corrected chi connectivity index (χ2v) is 0. The fourth-order valence-corrected chi connectivity index (χ4v) is 0. The third-order valence-corrected chi connectivity index (χ3v) is 0. The molecule has 0 saturated carbocycles. The molecule has 0 unspecified atom stereocenters. The lowest BCUT2D eigenvalue weighted by Gasteiger charge is -0.457. The second-order valence-electron chi connectivity index (χ2n) is 0. The maximum absolute atomic E-state index is 0. The van der Waals surface area contributed by atoms with Gasteiger partial charge in [-0.3, -0.25) is 0 Å². The Kier molecular flexibility index (Phi) is 880000. The van der Waals surface area contributed by atoms with Crippen LogP contribution >= 0.6 is 0 Å². The smallest absolute Gasteiger partial charge is 0.412 e. The quantitative estimate of drug-likeness (QED) is 0.288. The first kappa shape index (κ1) is 3350. The van der Waals surface area contributed by atoms with Crippen molar-refractivity contribution in [1.29, 1.82) is 0 Å². The summed E-state index contributed by atoms with van der Waals surface area (Å²) in [6.07, 6.45) is 0. The summed E-state index contributed by atoms with van der Waals surface area (Å²) in [5.74, 6) is 0. The molecule has 0 aromatic carbocycles. The molecular weight excluding hydrogens is 128 g/mol. The van der Waals surface area contributed by atoms with Gasteiger partial charge in [0.15, 0.2) is 0 Å². The minimum Gasteiger partial charge on any atom is -0.457 e. The van der Waals surface area contributed by atoms with E-state index in [-0.39, 0.29) is 43.8 Å². The number of hydrogen-bond acceptors (Lipinski definition) is 0. The van der Waals surface area contributed by atoms with Crippen LogP contribution in [-0.2, 0) is 5.48 Å². The van der Waals surface area contributed by atoms with Crippen molar-refractivity contribution in [2.45, 2.75) is 0 Å². The standard InChI is InChI=1S/8H2O/h8*1H2/p+1. The molecular formula is H17O8+. The van der Waals surface area contributed by atoms with Crippen molar-refractivity contribution in [3.05, 3.63) is 0 Å². The molecule has 0 rings (SSSR count). The third-order valence-electron chi connectivity index (χ3n) is 0. The second kappa shape index (κ2) is 2100. The van der Waals surface area contributed by atoms with Crippen molar-refractivity contribution in [1.82, 2.24) is 0 Å². The first-order chi connectivity index (χ1) is 0. The van der Waals surface area contributed by atoms with Gasteiger partial charge in [-0.1, -0.05) is 0 Å². The lowest BCUT2D eigenvalue weighted by molar-refractivity contribution is 0.686. The van der Waals surface area contributed by atoms with E-state index in [1.165, 1.54) is 0 Å². The first-order valence-electron chi connectivity index (χ1n) is 0. The van der Waals surface area contributed by atoms with Crippen LogP contribution in [0.25, 0.3) is 0 Å². The van der Waals surface area contributed by atoms with Crippen LogP contribution in [0.1, 0.15) is 0 Å². The maximum Gasteiger partial charge on any atom is -0.412 e. The van der Waals surface area contributed by atoms with Crippen LogP contribution in [0.15, 0.2) is 0 Å². The van der Waals surface area contributed by atoms with Crippen molar-refractivity contribution in [3.8, 4) is 0 Å². The zero-order valence-corrected chi connectivity index (χ0v) is 4.08. The summed E-state index contributed by atoms with van der Waals surface area (Å²) in [4.78, 5) is 0. The number of hydrogen-bond donors (Lipinski definition) is 0. The summed E-state index contributed by atoms with van der Waals surface area (Å²) < 4.78 is 0. The van der Waals surface area contributed by atoms with Gasteiger partial charge in [-0.15, -0.1) is 0 Å². The average Bonchev–Trinajstić information content (AvgIpc) is 0. The average molecular weight is 145 g/mol. The van der Waals surface area contributed by atoms with Gasteiger partial charge in [0.2, 0.25) is 0 Å². The van der Waals surface area contributed by atoms with Crippen LogP contribution in [0.4, 0.5) is 0 Å². The van der Waals surface area contributed by atoms with Gasteiger partial charge >= 0.3 is 0 Å². The zero-order chi connectivity index (χ0) is 0. The van der Waals surface area contributed by atoms with E-state index in [2.05, 4.69) is 0 Å². The molecule has 0 bridgehead atoms. The maximum atomic E-state index is 0. The van der Waals surface area contributed by atoms with Crippen molar-refractivity contribution < 1.29 is 43.8 Å². The molecule has 0 spiro atoms. The minimum atomic E-state index is 0. The Bertz CT molecular complexity index is 0. The fourth-order valence-electron chi connectivity index (χ4n) is 0. The summed E-state index contributed by atoms with van der Waals surface area (Å²) in [7, 11) is 0. The predicted molar refractivity (Wildman–Crippen MR) is 30.2 cm³/mol.